The van der Waals surface area contributed by atoms with Crippen molar-refractivity contribution in [3.63, 3.8) is 0 Å². The van der Waals surface area contributed by atoms with Crippen molar-refractivity contribution >= 4 is 38.4 Å². The molecule has 8 aromatic rings. The fourth-order valence-electron chi connectivity index (χ4n) is 6.40. The summed E-state index contributed by atoms with van der Waals surface area (Å²) < 4.78 is 41.7. The molecule has 0 saturated carbocycles. The first-order valence-electron chi connectivity index (χ1n) is 15.6. The van der Waals surface area contributed by atoms with Crippen molar-refractivity contribution in [2.75, 3.05) is 0 Å². The third-order valence-corrected chi connectivity index (χ3v) is 8.83. The van der Waals surface area contributed by atoms with Crippen LogP contribution in [0.5, 0.6) is 0 Å². The topological polar surface area (TPSA) is 66.8 Å². The second-order valence-corrected chi connectivity index (χ2v) is 11.9. The van der Waals surface area contributed by atoms with Gasteiger partial charge < -0.3 is 0 Å². The fourth-order valence-corrected chi connectivity index (χ4v) is 6.40. The van der Waals surface area contributed by atoms with Crippen LogP contribution >= 0.6 is 0 Å². The molecule has 8 heteroatoms. The van der Waals surface area contributed by atoms with Crippen molar-refractivity contribution in [2.24, 2.45) is 0 Å². The van der Waals surface area contributed by atoms with Gasteiger partial charge in [0, 0.05) is 27.3 Å². The van der Waals surface area contributed by atoms with E-state index >= 15 is 0 Å². The zero-order valence-electron chi connectivity index (χ0n) is 26.3. The van der Waals surface area contributed by atoms with Gasteiger partial charge in [0.05, 0.1) is 51.8 Å². The molecule has 0 fully saturated rings. The minimum absolute atomic E-state index is 0.219. The van der Waals surface area contributed by atoms with Gasteiger partial charge in [0.2, 0.25) is 0 Å². The smallest absolute Gasteiger partial charge is 0.194 e. The van der Waals surface area contributed by atoms with E-state index in [1.165, 1.54) is 0 Å². The molecule has 5 nitrogen and oxygen atoms in total. The van der Waals surface area contributed by atoms with Gasteiger partial charge in [-0.1, -0.05) is 78.9 Å². The molecule has 8 rings (SSSR count). The van der Waals surface area contributed by atoms with E-state index in [-0.39, 0.29) is 5.56 Å². The monoisotopic (exact) mass is 653 g/mol. The van der Waals surface area contributed by atoms with Gasteiger partial charge in [-0.25, -0.2) is 33.0 Å². The van der Waals surface area contributed by atoms with Crippen LogP contribution in [0.1, 0.15) is 11.1 Å². The van der Waals surface area contributed by atoms with Gasteiger partial charge in [0.25, 0.3) is 0 Å². The first kappa shape index (κ1) is 30.4. The first-order valence-corrected chi connectivity index (χ1v) is 15.6. The van der Waals surface area contributed by atoms with Crippen molar-refractivity contribution in [3.05, 3.63) is 155 Å². The Bertz CT molecular complexity index is 2720. The van der Waals surface area contributed by atoms with E-state index in [1.807, 2.05) is 73.7 Å². The molecule has 0 atom stereocenters. The quantitative estimate of drug-likeness (QED) is 0.108. The van der Waals surface area contributed by atoms with E-state index in [1.54, 1.807) is 36.4 Å². The zero-order valence-corrected chi connectivity index (χ0v) is 26.3. The van der Waals surface area contributed by atoms with Crippen LogP contribution in [0.3, 0.4) is 0 Å². The number of benzene rings is 6. The van der Waals surface area contributed by atoms with Crippen molar-refractivity contribution in [1.29, 1.82) is 5.26 Å². The number of nitrogens with zero attached hydrogens (tertiary/aromatic N) is 5. The third kappa shape index (κ3) is 5.08. The van der Waals surface area contributed by atoms with Crippen LogP contribution in [-0.2, 0) is 0 Å². The highest BCUT2D eigenvalue weighted by Gasteiger charge is 2.21. The molecular formula is C42H22F3N5. The van der Waals surface area contributed by atoms with Gasteiger partial charge in [-0.2, -0.15) is 5.26 Å². The van der Waals surface area contributed by atoms with Crippen molar-refractivity contribution in [3.8, 4) is 51.0 Å². The molecule has 2 aromatic heterocycles. The molecule has 2 heterocycles. The molecular weight excluding hydrogens is 631 g/mol. The number of aryl methyl sites for hydroxylation is 1. The number of aromatic nitrogens is 3. The predicted octanol–water partition coefficient (Wildman–Crippen LogP) is 11.1. The van der Waals surface area contributed by atoms with E-state index in [0.29, 0.717) is 44.9 Å². The SMILES string of the molecule is [C-]#[N+]c1ccc(-c2nc3cc(C)c4c(-c5ccc(-c6cc(F)c(F)c(F)c6)cc5)nc5ccccc5c4c3nc2-c2ccc(C#N)cc2)cc1. The number of fused-ring (bicyclic) bond motifs is 5. The van der Waals surface area contributed by atoms with Gasteiger partial charge in [0.1, 0.15) is 0 Å². The molecule has 0 radical (unpaired) electrons. The Morgan fingerprint density at radius 1 is 0.600 bits per heavy atom. The lowest BCUT2D eigenvalue weighted by molar-refractivity contribution is 0.448. The maximum atomic E-state index is 14.0. The summed E-state index contributed by atoms with van der Waals surface area (Å²) in [4.78, 5) is 19.1. The number of nitriles is 1. The Labute approximate surface area is 284 Å². The molecule has 6 aromatic carbocycles. The van der Waals surface area contributed by atoms with Gasteiger partial charge in [0.15, 0.2) is 23.1 Å². The summed E-state index contributed by atoms with van der Waals surface area (Å²) in [6, 6.07) is 35.5. The van der Waals surface area contributed by atoms with Crippen LogP contribution in [0.4, 0.5) is 18.9 Å². The molecule has 0 unspecified atom stereocenters. The molecule has 236 valence electrons. The maximum absolute atomic E-state index is 14.0. The first-order chi connectivity index (χ1) is 24.3. The highest BCUT2D eigenvalue weighted by molar-refractivity contribution is 6.22. The Balaban J connectivity index is 1.40. The lowest BCUT2D eigenvalue weighted by Gasteiger charge is -2.17. The highest BCUT2D eigenvalue weighted by atomic mass is 19.2. The fraction of sp³-hybridized carbons (Fsp3) is 0.0238. The Morgan fingerprint density at radius 2 is 1.16 bits per heavy atom. The van der Waals surface area contributed by atoms with E-state index in [2.05, 4.69) is 10.9 Å². The van der Waals surface area contributed by atoms with E-state index in [4.69, 9.17) is 21.5 Å². The van der Waals surface area contributed by atoms with E-state index < -0.39 is 17.5 Å². The summed E-state index contributed by atoms with van der Waals surface area (Å²) in [7, 11) is 0. The Morgan fingerprint density at radius 3 is 1.82 bits per heavy atom. The summed E-state index contributed by atoms with van der Waals surface area (Å²) >= 11 is 0. The number of halogens is 3. The van der Waals surface area contributed by atoms with Gasteiger partial charge in [-0.05, 0) is 65.6 Å². The number of rotatable bonds is 4. The van der Waals surface area contributed by atoms with Crippen LogP contribution < -0.4 is 0 Å². The molecule has 0 saturated heterocycles. The van der Waals surface area contributed by atoms with Crippen LogP contribution in [-0.4, -0.2) is 15.0 Å². The minimum atomic E-state index is -1.50. The van der Waals surface area contributed by atoms with Crippen LogP contribution in [0, 0.1) is 42.3 Å². The molecule has 0 bridgehead atoms. The molecule has 0 N–H and O–H groups in total. The minimum Gasteiger partial charge on any atom is -0.247 e. The largest absolute Gasteiger partial charge is 0.247 e. The predicted molar refractivity (Wildman–Crippen MR) is 190 cm³/mol. The molecule has 0 aliphatic heterocycles. The number of pyridine rings is 1. The maximum Gasteiger partial charge on any atom is 0.194 e. The molecule has 0 amide bonds. The van der Waals surface area contributed by atoms with Crippen molar-refractivity contribution in [2.45, 2.75) is 6.92 Å². The molecule has 0 spiro atoms. The van der Waals surface area contributed by atoms with Gasteiger partial charge in [-0.15, -0.1) is 0 Å². The Hall–Kier alpha value is -6.90. The van der Waals surface area contributed by atoms with Crippen LogP contribution in [0.15, 0.2) is 115 Å². The van der Waals surface area contributed by atoms with Gasteiger partial charge in [-0.3, -0.25) is 0 Å². The summed E-state index contributed by atoms with van der Waals surface area (Å²) in [6.45, 7) is 9.39. The number of para-hydroxylation sites is 1. The lowest BCUT2D eigenvalue weighted by Crippen LogP contribution is -1.99. The summed E-state index contributed by atoms with van der Waals surface area (Å²) in [5, 5.41) is 12.1. The molecule has 0 aliphatic carbocycles. The zero-order chi connectivity index (χ0) is 34.5. The van der Waals surface area contributed by atoms with Crippen molar-refractivity contribution in [1.82, 2.24) is 15.0 Å². The third-order valence-electron chi connectivity index (χ3n) is 8.83. The second kappa shape index (κ2) is 12.0. The normalized spacial score (nSPS) is 11.2. The van der Waals surface area contributed by atoms with Gasteiger partial charge >= 0.3 is 0 Å². The summed E-state index contributed by atoms with van der Waals surface area (Å²) in [5.41, 5.74) is 9.08. The van der Waals surface area contributed by atoms with Crippen molar-refractivity contribution < 1.29 is 13.2 Å². The highest BCUT2D eigenvalue weighted by Crippen LogP contribution is 2.41. The average Bonchev–Trinajstić information content (AvgIpc) is 3.16. The van der Waals surface area contributed by atoms with Crippen LogP contribution in [0.2, 0.25) is 0 Å². The Kier molecular flexibility index (Phi) is 7.28. The average molecular weight is 654 g/mol. The number of hydrogen-bond acceptors (Lipinski definition) is 4. The standard InChI is InChI=1S/C42H22F3N5/c1-23-19-35-42(50-41(27-9-7-24(22-46)8-10-27)40(49-35)28-15-17-30(47-2)18-16-28)37-31-5-3-4-6-34(31)48-39(36(23)37)26-13-11-25(12-14-26)29-20-32(43)38(45)33(44)21-29/h3-21H,1H3. The molecule has 50 heavy (non-hydrogen) atoms. The lowest BCUT2D eigenvalue weighted by atomic mass is 9.93. The van der Waals surface area contributed by atoms with E-state index in [0.717, 1.165) is 56.1 Å². The second-order valence-electron chi connectivity index (χ2n) is 11.9. The van der Waals surface area contributed by atoms with Crippen LogP contribution in [0.25, 0.3) is 82.5 Å². The summed E-state index contributed by atoms with van der Waals surface area (Å²) in [5.74, 6) is -4.01. The van der Waals surface area contributed by atoms with E-state index in [9.17, 15) is 18.4 Å². The number of hydrogen-bond donors (Lipinski definition) is 0. The summed E-state index contributed by atoms with van der Waals surface area (Å²) in [6.07, 6.45) is 0. The molecule has 0 aliphatic rings.